The first-order valence-electron chi connectivity index (χ1n) is 8.48. The maximum absolute atomic E-state index is 5.32. The molecule has 2 aromatic rings. The summed E-state index contributed by atoms with van der Waals surface area (Å²) in [6, 6.07) is 17.5. The molecule has 0 spiro atoms. The van der Waals surface area contributed by atoms with Gasteiger partial charge < -0.3 is 14.4 Å². The molecule has 0 bridgehead atoms. The Kier molecular flexibility index (Phi) is 4.34. The Morgan fingerprint density at radius 3 is 2.04 bits per heavy atom. The summed E-state index contributed by atoms with van der Waals surface area (Å²) in [5.74, 6) is 2.85. The van der Waals surface area contributed by atoms with Gasteiger partial charge in [-0.3, -0.25) is 4.99 Å². The molecule has 130 valence electrons. The van der Waals surface area contributed by atoms with Crippen LogP contribution in [0.1, 0.15) is 30.1 Å². The van der Waals surface area contributed by atoms with Crippen LogP contribution in [0, 0.1) is 0 Å². The van der Waals surface area contributed by atoms with Crippen LogP contribution in [0.2, 0.25) is 0 Å². The highest BCUT2D eigenvalue weighted by atomic mass is 32.2. The number of hydrogen-bond acceptors (Lipinski definition) is 5. The third kappa shape index (κ3) is 2.86. The quantitative estimate of drug-likeness (QED) is 0.820. The molecule has 3 atom stereocenters. The molecule has 0 aromatic heterocycles. The third-order valence-electron chi connectivity index (χ3n) is 4.91. The Balaban J connectivity index is 1.73. The van der Waals surface area contributed by atoms with Gasteiger partial charge in [-0.1, -0.05) is 36.0 Å². The van der Waals surface area contributed by atoms with Crippen molar-refractivity contribution in [2.45, 2.75) is 25.0 Å². The monoisotopic (exact) mass is 354 g/mol. The number of ether oxygens (including phenoxy) is 2. The first-order valence-corrected chi connectivity index (χ1v) is 9.46. The molecular formula is C20H22N2O2S. The number of nitrogens with zero attached hydrogens (tertiary/aromatic N) is 2. The summed E-state index contributed by atoms with van der Waals surface area (Å²) in [6.07, 6.45) is 0. The van der Waals surface area contributed by atoms with E-state index in [1.165, 1.54) is 11.1 Å². The predicted molar refractivity (Wildman–Crippen MR) is 103 cm³/mol. The summed E-state index contributed by atoms with van der Waals surface area (Å²) < 4.78 is 10.6. The van der Waals surface area contributed by atoms with Gasteiger partial charge >= 0.3 is 0 Å². The summed E-state index contributed by atoms with van der Waals surface area (Å²) in [5, 5.41) is 1.16. The van der Waals surface area contributed by atoms with Crippen molar-refractivity contribution in [2.24, 2.45) is 4.99 Å². The molecule has 0 aliphatic carbocycles. The summed E-state index contributed by atoms with van der Waals surface area (Å²) in [4.78, 5) is 7.53. The number of rotatable bonds is 4. The highest BCUT2D eigenvalue weighted by molar-refractivity contribution is 8.14. The number of thioether (sulfide) groups is 1. The molecule has 0 saturated carbocycles. The maximum Gasteiger partial charge on any atom is 0.160 e. The molecule has 25 heavy (non-hydrogen) atoms. The maximum atomic E-state index is 5.32. The van der Waals surface area contributed by atoms with Crippen molar-refractivity contribution in [3.63, 3.8) is 0 Å². The van der Waals surface area contributed by atoms with Crippen LogP contribution in [0.4, 0.5) is 0 Å². The summed E-state index contributed by atoms with van der Waals surface area (Å²) in [6.45, 7) is 2.28. The molecule has 0 N–H and O–H groups in total. The first kappa shape index (κ1) is 16.3. The van der Waals surface area contributed by atoms with E-state index in [9.17, 15) is 0 Å². The third-order valence-corrected chi connectivity index (χ3v) is 6.14. The van der Waals surface area contributed by atoms with Crippen molar-refractivity contribution in [1.82, 2.24) is 4.90 Å². The van der Waals surface area contributed by atoms with Crippen LogP contribution in [-0.2, 0) is 0 Å². The first-order chi connectivity index (χ1) is 12.2. The Morgan fingerprint density at radius 2 is 1.48 bits per heavy atom. The Hall–Kier alpha value is -2.14. The largest absolute Gasteiger partial charge is 0.497 e. The van der Waals surface area contributed by atoms with E-state index in [1.807, 2.05) is 36.0 Å². The standard InChI is InChI=1S/C20H22N2O2S/c1-13-12-25-20-21-18(14-4-8-16(23-2)9-5-14)19(22(13)20)15-6-10-17(24-3)11-7-15/h4-11,13,18-19H,12H2,1-3H3. The molecule has 4 nitrogen and oxygen atoms in total. The topological polar surface area (TPSA) is 34.1 Å². The van der Waals surface area contributed by atoms with Crippen LogP contribution in [0.3, 0.4) is 0 Å². The summed E-state index contributed by atoms with van der Waals surface area (Å²) in [5.41, 5.74) is 2.49. The van der Waals surface area contributed by atoms with Crippen molar-refractivity contribution < 1.29 is 9.47 Å². The molecule has 2 aliphatic heterocycles. The van der Waals surface area contributed by atoms with Gasteiger partial charge in [0.15, 0.2) is 5.17 Å². The van der Waals surface area contributed by atoms with E-state index >= 15 is 0 Å². The van der Waals surface area contributed by atoms with E-state index < -0.39 is 0 Å². The summed E-state index contributed by atoms with van der Waals surface area (Å²) in [7, 11) is 3.39. The van der Waals surface area contributed by atoms with Crippen LogP contribution >= 0.6 is 11.8 Å². The molecule has 1 saturated heterocycles. The number of fused-ring (bicyclic) bond motifs is 1. The predicted octanol–water partition coefficient (Wildman–Crippen LogP) is 4.29. The zero-order valence-electron chi connectivity index (χ0n) is 14.7. The minimum Gasteiger partial charge on any atom is -0.497 e. The smallest absolute Gasteiger partial charge is 0.160 e. The van der Waals surface area contributed by atoms with Crippen molar-refractivity contribution in [2.75, 3.05) is 20.0 Å². The number of benzene rings is 2. The van der Waals surface area contributed by atoms with Crippen LogP contribution in [0.25, 0.3) is 0 Å². The molecule has 2 aromatic carbocycles. The average molecular weight is 354 g/mol. The van der Waals surface area contributed by atoms with Gasteiger partial charge in [0, 0.05) is 11.8 Å². The van der Waals surface area contributed by atoms with Gasteiger partial charge in [-0.2, -0.15) is 0 Å². The fraction of sp³-hybridized carbons (Fsp3) is 0.350. The normalized spacial score (nSPS) is 24.8. The average Bonchev–Trinajstić information content (AvgIpc) is 3.22. The number of methoxy groups -OCH3 is 2. The zero-order valence-corrected chi connectivity index (χ0v) is 15.5. The SMILES string of the molecule is COc1ccc(C2N=C3SCC(C)N3C2c2ccc(OC)cc2)cc1. The Bertz CT molecular complexity index is 773. The lowest BCUT2D eigenvalue weighted by Crippen LogP contribution is -2.33. The lowest BCUT2D eigenvalue weighted by atomic mass is 9.93. The molecule has 0 amide bonds. The molecule has 2 heterocycles. The molecule has 5 heteroatoms. The van der Waals surface area contributed by atoms with Crippen molar-refractivity contribution in [3.8, 4) is 11.5 Å². The van der Waals surface area contributed by atoms with Gasteiger partial charge in [-0.25, -0.2) is 0 Å². The molecule has 1 fully saturated rings. The van der Waals surface area contributed by atoms with Crippen LogP contribution < -0.4 is 9.47 Å². The second kappa shape index (κ2) is 6.64. The zero-order chi connectivity index (χ0) is 17.4. The minimum atomic E-state index is 0.101. The molecule has 4 rings (SSSR count). The van der Waals surface area contributed by atoms with Crippen molar-refractivity contribution >= 4 is 16.9 Å². The molecular weight excluding hydrogens is 332 g/mol. The van der Waals surface area contributed by atoms with Crippen LogP contribution in [0.15, 0.2) is 53.5 Å². The van der Waals surface area contributed by atoms with E-state index in [4.69, 9.17) is 14.5 Å². The lowest BCUT2D eigenvalue weighted by Gasteiger charge is -2.31. The van der Waals surface area contributed by atoms with Gasteiger partial charge in [-0.05, 0) is 42.3 Å². The van der Waals surface area contributed by atoms with Gasteiger partial charge in [-0.15, -0.1) is 0 Å². The fourth-order valence-corrected chi connectivity index (χ4v) is 4.76. The van der Waals surface area contributed by atoms with E-state index in [-0.39, 0.29) is 12.1 Å². The van der Waals surface area contributed by atoms with E-state index in [0.717, 1.165) is 22.4 Å². The number of hydrogen-bond donors (Lipinski definition) is 0. The van der Waals surface area contributed by atoms with E-state index in [1.54, 1.807) is 14.2 Å². The Labute approximate surface area is 152 Å². The van der Waals surface area contributed by atoms with E-state index in [0.29, 0.717) is 6.04 Å². The molecule has 2 aliphatic rings. The van der Waals surface area contributed by atoms with Gasteiger partial charge in [0.1, 0.15) is 17.5 Å². The summed E-state index contributed by atoms with van der Waals surface area (Å²) >= 11 is 1.86. The molecule has 3 unspecified atom stereocenters. The van der Waals surface area contributed by atoms with Crippen LogP contribution in [0.5, 0.6) is 11.5 Å². The van der Waals surface area contributed by atoms with E-state index in [2.05, 4.69) is 36.1 Å². The minimum absolute atomic E-state index is 0.101. The van der Waals surface area contributed by atoms with Gasteiger partial charge in [0.25, 0.3) is 0 Å². The number of aliphatic imine (C=N–C) groups is 1. The van der Waals surface area contributed by atoms with Crippen molar-refractivity contribution in [3.05, 3.63) is 59.7 Å². The second-order valence-corrected chi connectivity index (χ2v) is 7.40. The Morgan fingerprint density at radius 1 is 0.920 bits per heavy atom. The number of amidine groups is 1. The highest BCUT2D eigenvalue weighted by Gasteiger charge is 2.43. The van der Waals surface area contributed by atoms with Crippen molar-refractivity contribution in [1.29, 1.82) is 0 Å². The lowest BCUT2D eigenvalue weighted by molar-refractivity contribution is 0.275. The second-order valence-electron chi connectivity index (χ2n) is 6.41. The fourth-order valence-electron chi connectivity index (χ4n) is 3.58. The highest BCUT2D eigenvalue weighted by Crippen LogP contribution is 2.48. The van der Waals surface area contributed by atoms with Gasteiger partial charge in [0.2, 0.25) is 0 Å². The van der Waals surface area contributed by atoms with Gasteiger partial charge in [0.05, 0.1) is 20.3 Å². The molecule has 0 radical (unpaired) electrons. The van der Waals surface area contributed by atoms with Crippen LogP contribution in [-0.4, -0.2) is 36.1 Å².